The molecule has 0 spiro atoms. The summed E-state index contributed by atoms with van der Waals surface area (Å²) in [5.74, 6) is -0.322. The smallest absolute Gasteiger partial charge is 0.288 e. The van der Waals surface area contributed by atoms with E-state index in [1.165, 1.54) is 0 Å². The first-order valence-electron chi connectivity index (χ1n) is 5.14. The molecule has 0 saturated carbocycles. The van der Waals surface area contributed by atoms with E-state index in [9.17, 15) is 4.79 Å². The SMILES string of the molecule is N#Cc1cccc(CNC(=O)c2nc(N)n[nH]2)c1. The van der Waals surface area contributed by atoms with Gasteiger partial charge in [0, 0.05) is 6.54 Å². The molecule has 7 nitrogen and oxygen atoms in total. The Labute approximate surface area is 103 Å². The van der Waals surface area contributed by atoms with Crippen LogP contribution in [0.3, 0.4) is 0 Å². The number of nitriles is 1. The molecule has 0 atom stereocenters. The monoisotopic (exact) mass is 242 g/mol. The van der Waals surface area contributed by atoms with Gasteiger partial charge >= 0.3 is 0 Å². The molecule has 0 aliphatic carbocycles. The van der Waals surface area contributed by atoms with Crippen molar-refractivity contribution in [3.05, 3.63) is 41.2 Å². The number of aromatic amines is 1. The fourth-order valence-electron chi connectivity index (χ4n) is 1.39. The van der Waals surface area contributed by atoms with Crippen LogP contribution in [-0.2, 0) is 6.54 Å². The number of nitrogens with two attached hydrogens (primary N) is 1. The lowest BCUT2D eigenvalue weighted by atomic mass is 10.1. The van der Waals surface area contributed by atoms with Crippen LogP contribution in [0.2, 0.25) is 0 Å². The van der Waals surface area contributed by atoms with Crippen molar-refractivity contribution in [1.82, 2.24) is 20.5 Å². The second-order valence-corrected chi connectivity index (χ2v) is 3.54. The maximum absolute atomic E-state index is 11.6. The number of nitrogens with one attached hydrogen (secondary N) is 2. The van der Waals surface area contributed by atoms with Crippen LogP contribution in [0.5, 0.6) is 0 Å². The fourth-order valence-corrected chi connectivity index (χ4v) is 1.39. The van der Waals surface area contributed by atoms with Crippen LogP contribution >= 0.6 is 0 Å². The number of nitrogen functional groups attached to an aromatic ring is 1. The van der Waals surface area contributed by atoms with Gasteiger partial charge in [0.05, 0.1) is 11.6 Å². The molecule has 1 amide bonds. The number of rotatable bonds is 3. The summed E-state index contributed by atoms with van der Waals surface area (Å²) in [5, 5.41) is 17.4. The molecular weight excluding hydrogens is 232 g/mol. The zero-order valence-electron chi connectivity index (χ0n) is 9.34. The minimum atomic E-state index is -0.401. The van der Waals surface area contributed by atoms with Gasteiger partial charge in [-0.05, 0) is 17.7 Å². The predicted octanol–water partition coefficient (Wildman–Crippen LogP) is 0.189. The molecule has 0 aliphatic heterocycles. The van der Waals surface area contributed by atoms with Crippen molar-refractivity contribution in [1.29, 1.82) is 5.26 Å². The molecule has 0 radical (unpaired) electrons. The van der Waals surface area contributed by atoms with E-state index in [1.807, 2.05) is 12.1 Å². The van der Waals surface area contributed by atoms with Gasteiger partial charge in [0.2, 0.25) is 11.8 Å². The van der Waals surface area contributed by atoms with Gasteiger partial charge in [0.15, 0.2) is 0 Å². The molecule has 0 bridgehead atoms. The van der Waals surface area contributed by atoms with E-state index >= 15 is 0 Å². The van der Waals surface area contributed by atoms with Crippen molar-refractivity contribution in [3.8, 4) is 6.07 Å². The van der Waals surface area contributed by atoms with Crippen LogP contribution in [0, 0.1) is 11.3 Å². The zero-order chi connectivity index (χ0) is 13.0. The highest BCUT2D eigenvalue weighted by molar-refractivity contribution is 5.90. The van der Waals surface area contributed by atoms with E-state index < -0.39 is 5.91 Å². The molecule has 1 aromatic heterocycles. The van der Waals surface area contributed by atoms with Crippen molar-refractivity contribution in [2.45, 2.75) is 6.54 Å². The second kappa shape index (κ2) is 4.97. The third-order valence-corrected chi connectivity index (χ3v) is 2.23. The number of benzene rings is 1. The number of anilines is 1. The molecular formula is C11H10N6O. The molecule has 4 N–H and O–H groups in total. The van der Waals surface area contributed by atoms with Crippen molar-refractivity contribution in [2.75, 3.05) is 5.73 Å². The summed E-state index contributed by atoms with van der Waals surface area (Å²) in [4.78, 5) is 15.3. The second-order valence-electron chi connectivity index (χ2n) is 3.54. The number of aromatic nitrogens is 3. The minimum absolute atomic E-state index is 0.0200. The van der Waals surface area contributed by atoms with Gasteiger partial charge in [0.25, 0.3) is 5.91 Å². The normalized spacial score (nSPS) is 9.72. The van der Waals surface area contributed by atoms with Crippen LogP contribution < -0.4 is 11.1 Å². The summed E-state index contributed by atoms with van der Waals surface area (Å²) in [7, 11) is 0. The van der Waals surface area contributed by atoms with Gasteiger partial charge < -0.3 is 11.1 Å². The van der Waals surface area contributed by atoms with Crippen LogP contribution in [-0.4, -0.2) is 21.1 Å². The van der Waals surface area contributed by atoms with Crippen LogP contribution in [0.4, 0.5) is 5.95 Å². The van der Waals surface area contributed by atoms with Crippen molar-refractivity contribution in [2.24, 2.45) is 0 Å². The first-order valence-corrected chi connectivity index (χ1v) is 5.14. The Morgan fingerprint density at radius 3 is 3.06 bits per heavy atom. The highest BCUT2D eigenvalue weighted by Gasteiger charge is 2.09. The summed E-state index contributed by atoms with van der Waals surface area (Å²) in [6, 6.07) is 9.00. The number of carbonyl (C=O) groups is 1. The summed E-state index contributed by atoms with van der Waals surface area (Å²) in [6.07, 6.45) is 0. The minimum Gasteiger partial charge on any atom is -0.366 e. The third kappa shape index (κ3) is 2.62. The van der Waals surface area contributed by atoms with Gasteiger partial charge in [0.1, 0.15) is 0 Å². The molecule has 2 rings (SSSR count). The van der Waals surface area contributed by atoms with E-state index in [0.717, 1.165) is 5.56 Å². The highest BCUT2D eigenvalue weighted by atomic mass is 16.2. The highest BCUT2D eigenvalue weighted by Crippen LogP contribution is 2.04. The standard InChI is InChI=1S/C11H10N6O/c12-5-7-2-1-3-8(4-7)6-14-10(18)9-15-11(13)17-16-9/h1-4H,6H2,(H,14,18)(H3,13,15,16,17). The van der Waals surface area contributed by atoms with Crippen LogP contribution in [0.25, 0.3) is 0 Å². The fraction of sp³-hybridized carbons (Fsp3) is 0.0909. The van der Waals surface area contributed by atoms with E-state index in [0.29, 0.717) is 12.1 Å². The molecule has 0 fully saturated rings. The third-order valence-electron chi connectivity index (χ3n) is 2.23. The van der Waals surface area contributed by atoms with Gasteiger partial charge in [-0.2, -0.15) is 10.2 Å². The number of carbonyl (C=O) groups excluding carboxylic acids is 1. The lowest BCUT2D eigenvalue weighted by Gasteiger charge is -2.03. The Morgan fingerprint density at radius 2 is 2.39 bits per heavy atom. The van der Waals surface area contributed by atoms with E-state index in [1.54, 1.807) is 18.2 Å². The van der Waals surface area contributed by atoms with Gasteiger partial charge in [-0.15, -0.1) is 5.10 Å². The van der Waals surface area contributed by atoms with Crippen molar-refractivity contribution in [3.63, 3.8) is 0 Å². The Kier molecular flexibility index (Phi) is 3.20. The largest absolute Gasteiger partial charge is 0.366 e. The molecule has 90 valence electrons. The predicted molar refractivity (Wildman–Crippen MR) is 63.1 cm³/mol. The Bertz CT molecular complexity index is 612. The molecule has 0 saturated heterocycles. The summed E-state index contributed by atoms with van der Waals surface area (Å²) >= 11 is 0. The van der Waals surface area contributed by atoms with Gasteiger partial charge in [-0.1, -0.05) is 12.1 Å². The van der Waals surface area contributed by atoms with Crippen molar-refractivity contribution < 1.29 is 4.79 Å². The summed E-state index contributed by atoms with van der Waals surface area (Å²) < 4.78 is 0. The Hall–Kier alpha value is -2.88. The lowest BCUT2D eigenvalue weighted by Crippen LogP contribution is -2.24. The molecule has 2 aromatic rings. The molecule has 1 aromatic carbocycles. The van der Waals surface area contributed by atoms with Crippen LogP contribution in [0.1, 0.15) is 21.7 Å². The molecule has 0 unspecified atom stereocenters. The maximum Gasteiger partial charge on any atom is 0.288 e. The summed E-state index contributed by atoms with van der Waals surface area (Å²) in [6.45, 7) is 0.301. The molecule has 18 heavy (non-hydrogen) atoms. The first kappa shape index (κ1) is 11.6. The topological polar surface area (TPSA) is 120 Å². The maximum atomic E-state index is 11.6. The average Bonchev–Trinajstić information content (AvgIpc) is 2.83. The van der Waals surface area contributed by atoms with E-state index in [2.05, 4.69) is 20.5 Å². The number of nitrogens with zero attached hydrogens (tertiary/aromatic N) is 3. The number of hydrogen-bond acceptors (Lipinski definition) is 5. The summed E-state index contributed by atoms with van der Waals surface area (Å²) in [5.41, 5.74) is 6.67. The lowest BCUT2D eigenvalue weighted by molar-refractivity contribution is 0.0941. The zero-order valence-corrected chi connectivity index (χ0v) is 9.34. The van der Waals surface area contributed by atoms with Crippen molar-refractivity contribution >= 4 is 11.9 Å². The molecule has 1 heterocycles. The number of amides is 1. The molecule has 7 heteroatoms. The quantitative estimate of drug-likeness (QED) is 0.709. The number of H-pyrrole nitrogens is 1. The van der Waals surface area contributed by atoms with Gasteiger partial charge in [-0.25, -0.2) is 0 Å². The van der Waals surface area contributed by atoms with Gasteiger partial charge in [-0.3, -0.25) is 9.89 Å². The average molecular weight is 242 g/mol. The van der Waals surface area contributed by atoms with Crippen LogP contribution in [0.15, 0.2) is 24.3 Å². The first-order chi connectivity index (χ1) is 8.69. The Balaban J connectivity index is 1.99. The Morgan fingerprint density at radius 1 is 1.56 bits per heavy atom. The van der Waals surface area contributed by atoms with E-state index in [4.69, 9.17) is 11.0 Å². The van der Waals surface area contributed by atoms with E-state index in [-0.39, 0.29) is 11.8 Å². The number of hydrogen-bond donors (Lipinski definition) is 3. The molecule has 0 aliphatic rings.